The van der Waals surface area contributed by atoms with E-state index in [1.165, 1.54) is 37.9 Å². The minimum absolute atomic E-state index is 0.140. The molecule has 2 heterocycles. The number of rotatable bonds is 8. The van der Waals surface area contributed by atoms with Crippen LogP contribution < -0.4 is 5.32 Å². The molecule has 0 aliphatic heterocycles. The van der Waals surface area contributed by atoms with E-state index < -0.39 is 18.5 Å². The standard InChI is InChI=1S/C18H17F4N5.C8H18.C2H6/c1-9(2)26-15-10(3)4-11(5-14(15)19)12-6-23-16-13(12)7-24-17(27-16)25-8-18(20,21)22;1-4-6-8(3)7-5-2;1-2/h4-7H,8H2,1-3H3,(H2,23,24,25,27);8H,4-7H2,1-3H3;1-2H3. The van der Waals surface area contributed by atoms with Gasteiger partial charge in [0.2, 0.25) is 5.95 Å². The van der Waals surface area contributed by atoms with Crippen molar-refractivity contribution in [3.8, 4) is 11.1 Å². The Labute approximate surface area is 218 Å². The molecule has 0 saturated carbocycles. The Balaban J connectivity index is 0.000000586. The van der Waals surface area contributed by atoms with Gasteiger partial charge >= 0.3 is 6.18 Å². The zero-order valence-electron chi connectivity index (χ0n) is 23.3. The highest BCUT2D eigenvalue weighted by Gasteiger charge is 2.27. The highest BCUT2D eigenvalue weighted by atomic mass is 19.4. The molecule has 0 spiro atoms. The zero-order valence-corrected chi connectivity index (χ0v) is 23.3. The second kappa shape index (κ2) is 15.3. The van der Waals surface area contributed by atoms with Crippen molar-refractivity contribution in [3.63, 3.8) is 0 Å². The molecule has 0 radical (unpaired) electrons. The van der Waals surface area contributed by atoms with Crippen molar-refractivity contribution in [3.05, 3.63) is 35.9 Å². The molecule has 2 aromatic heterocycles. The van der Waals surface area contributed by atoms with E-state index in [1.54, 1.807) is 33.0 Å². The van der Waals surface area contributed by atoms with Crippen LogP contribution in [-0.2, 0) is 0 Å². The predicted octanol–water partition coefficient (Wildman–Crippen LogP) is 9.41. The Bertz CT molecular complexity index is 1100. The number of aryl methyl sites for hydroxylation is 1. The second-order valence-electron chi connectivity index (χ2n) is 8.99. The largest absolute Gasteiger partial charge is 0.405 e. The lowest BCUT2D eigenvalue weighted by molar-refractivity contribution is -0.115. The first-order valence-corrected chi connectivity index (χ1v) is 12.9. The van der Waals surface area contributed by atoms with Crippen LogP contribution in [0.2, 0.25) is 0 Å². The quantitative estimate of drug-likeness (QED) is 0.228. The molecule has 37 heavy (non-hydrogen) atoms. The number of halogens is 4. The van der Waals surface area contributed by atoms with Crippen molar-refractivity contribution in [2.75, 3.05) is 11.9 Å². The van der Waals surface area contributed by atoms with E-state index in [2.05, 4.69) is 46.0 Å². The summed E-state index contributed by atoms with van der Waals surface area (Å²) in [7, 11) is 0. The van der Waals surface area contributed by atoms with Crippen LogP contribution in [0.4, 0.5) is 29.2 Å². The molecular formula is C28H41F4N5. The van der Waals surface area contributed by atoms with Gasteiger partial charge in [-0.05, 0) is 49.9 Å². The smallest absolute Gasteiger partial charge is 0.345 e. The Kier molecular flexibility index (Phi) is 13.3. The van der Waals surface area contributed by atoms with Gasteiger partial charge in [0, 0.05) is 29.1 Å². The van der Waals surface area contributed by atoms with Crippen molar-refractivity contribution < 1.29 is 17.6 Å². The van der Waals surface area contributed by atoms with Gasteiger partial charge < -0.3 is 10.3 Å². The third-order valence-electron chi connectivity index (χ3n) is 5.34. The van der Waals surface area contributed by atoms with Crippen LogP contribution in [0.15, 0.2) is 29.5 Å². The fourth-order valence-corrected chi connectivity index (χ4v) is 3.80. The predicted molar refractivity (Wildman–Crippen MR) is 147 cm³/mol. The number of alkyl halides is 3. The van der Waals surface area contributed by atoms with Crippen molar-refractivity contribution >= 4 is 28.4 Å². The Morgan fingerprint density at radius 1 is 1.11 bits per heavy atom. The molecule has 0 atom stereocenters. The lowest BCUT2D eigenvalue weighted by atomic mass is 10.0. The molecule has 0 saturated heterocycles. The molecule has 5 nitrogen and oxygen atoms in total. The normalized spacial score (nSPS) is 10.9. The molecule has 9 heteroatoms. The Hall–Kier alpha value is -2.97. The summed E-state index contributed by atoms with van der Waals surface area (Å²) in [4.78, 5) is 15.0. The average Bonchev–Trinajstić information content (AvgIpc) is 3.25. The first-order valence-electron chi connectivity index (χ1n) is 12.9. The fourth-order valence-electron chi connectivity index (χ4n) is 3.80. The van der Waals surface area contributed by atoms with Crippen LogP contribution >= 0.6 is 0 Å². The fraction of sp³-hybridized carbons (Fsp3) is 0.536. The molecule has 0 unspecified atom stereocenters. The highest BCUT2D eigenvalue weighted by Crippen LogP contribution is 2.33. The van der Waals surface area contributed by atoms with E-state index in [4.69, 9.17) is 0 Å². The number of benzene rings is 1. The van der Waals surface area contributed by atoms with Gasteiger partial charge in [-0.15, -0.1) is 0 Å². The first kappa shape index (κ1) is 32.1. The van der Waals surface area contributed by atoms with Crippen LogP contribution in [0.25, 0.3) is 22.2 Å². The van der Waals surface area contributed by atoms with E-state index in [1.807, 2.05) is 13.8 Å². The SMILES string of the molecule is CC.CC(C)=Nc1c(C)cc(-c2c[nH]c3nc(NCC(F)(F)F)ncc23)cc1F.CCCC(C)CCC. The molecule has 0 fully saturated rings. The van der Waals surface area contributed by atoms with Crippen LogP contribution in [0.3, 0.4) is 0 Å². The monoisotopic (exact) mass is 523 g/mol. The number of aliphatic imine (C=N–C) groups is 1. The number of aromatic amines is 1. The van der Waals surface area contributed by atoms with Crippen molar-refractivity contribution in [2.45, 2.75) is 87.2 Å². The maximum atomic E-state index is 14.5. The molecule has 2 N–H and O–H groups in total. The van der Waals surface area contributed by atoms with E-state index in [9.17, 15) is 17.6 Å². The molecule has 1 aromatic carbocycles. The maximum absolute atomic E-state index is 14.5. The summed E-state index contributed by atoms with van der Waals surface area (Å²) in [6.07, 6.45) is 4.18. The lowest BCUT2D eigenvalue weighted by Crippen LogP contribution is -2.22. The van der Waals surface area contributed by atoms with Crippen LogP contribution in [0.1, 0.15) is 79.7 Å². The van der Waals surface area contributed by atoms with Gasteiger partial charge in [-0.3, -0.25) is 4.99 Å². The topological polar surface area (TPSA) is 66.0 Å². The van der Waals surface area contributed by atoms with Gasteiger partial charge in [-0.2, -0.15) is 18.2 Å². The minimum Gasteiger partial charge on any atom is -0.345 e. The molecule has 206 valence electrons. The summed E-state index contributed by atoms with van der Waals surface area (Å²) in [6.45, 7) is 15.0. The van der Waals surface area contributed by atoms with Crippen LogP contribution in [-0.4, -0.2) is 33.4 Å². The van der Waals surface area contributed by atoms with Gasteiger partial charge in [-0.1, -0.05) is 60.3 Å². The molecule has 0 bridgehead atoms. The van der Waals surface area contributed by atoms with Crippen LogP contribution in [0.5, 0.6) is 0 Å². The summed E-state index contributed by atoms with van der Waals surface area (Å²) in [5, 5.41) is 2.71. The number of nitrogens with zero attached hydrogens (tertiary/aromatic N) is 3. The molecule has 0 aliphatic rings. The van der Waals surface area contributed by atoms with Crippen molar-refractivity contribution in [1.29, 1.82) is 0 Å². The Morgan fingerprint density at radius 2 is 1.73 bits per heavy atom. The Morgan fingerprint density at radius 3 is 2.24 bits per heavy atom. The van der Waals surface area contributed by atoms with Gasteiger partial charge in [0.05, 0.1) is 0 Å². The van der Waals surface area contributed by atoms with E-state index in [0.717, 1.165) is 11.6 Å². The minimum atomic E-state index is -4.37. The summed E-state index contributed by atoms with van der Waals surface area (Å²) in [5.41, 5.74) is 3.30. The van der Waals surface area contributed by atoms with Gasteiger partial charge in [0.15, 0.2) is 0 Å². The van der Waals surface area contributed by atoms with Crippen molar-refractivity contribution in [2.24, 2.45) is 10.9 Å². The van der Waals surface area contributed by atoms with Gasteiger partial charge in [-0.25, -0.2) is 9.37 Å². The van der Waals surface area contributed by atoms with Crippen LogP contribution in [0, 0.1) is 18.7 Å². The molecule has 3 aromatic rings. The van der Waals surface area contributed by atoms with E-state index in [-0.39, 0.29) is 11.6 Å². The number of anilines is 1. The zero-order chi connectivity index (χ0) is 28.2. The van der Waals surface area contributed by atoms with Gasteiger partial charge in [0.1, 0.15) is 23.7 Å². The number of hydrogen-bond acceptors (Lipinski definition) is 4. The first-order chi connectivity index (χ1) is 17.4. The molecular weight excluding hydrogens is 482 g/mol. The number of hydrogen-bond donors (Lipinski definition) is 2. The van der Waals surface area contributed by atoms with E-state index in [0.29, 0.717) is 27.7 Å². The number of fused-ring (bicyclic) bond motifs is 1. The summed E-state index contributed by atoms with van der Waals surface area (Å²) >= 11 is 0. The highest BCUT2D eigenvalue weighted by molar-refractivity contribution is 5.94. The average molecular weight is 524 g/mol. The third-order valence-corrected chi connectivity index (χ3v) is 5.34. The van der Waals surface area contributed by atoms with Gasteiger partial charge in [0.25, 0.3) is 0 Å². The maximum Gasteiger partial charge on any atom is 0.405 e. The number of nitrogens with one attached hydrogen (secondary N) is 2. The third kappa shape index (κ3) is 10.5. The lowest BCUT2D eigenvalue weighted by Gasteiger charge is -2.08. The number of H-pyrrole nitrogens is 1. The second-order valence-corrected chi connectivity index (χ2v) is 8.99. The van der Waals surface area contributed by atoms with E-state index >= 15 is 0 Å². The molecule has 0 aliphatic carbocycles. The number of aromatic nitrogens is 3. The summed E-state index contributed by atoms with van der Waals surface area (Å²) in [6, 6.07) is 3.16. The van der Waals surface area contributed by atoms with Crippen molar-refractivity contribution in [1.82, 2.24) is 15.0 Å². The summed E-state index contributed by atoms with van der Waals surface area (Å²) < 4.78 is 51.4. The summed E-state index contributed by atoms with van der Waals surface area (Å²) in [5.74, 6) is 0.369. The molecule has 0 amide bonds. The molecule has 3 rings (SSSR count).